The van der Waals surface area contributed by atoms with Gasteiger partial charge in [0.25, 0.3) is 0 Å². The Bertz CT molecular complexity index is 495. The zero-order chi connectivity index (χ0) is 13.2. The zero-order valence-electron chi connectivity index (χ0n) is 11.2. The summed E-state index contributed by atoms with van der Waals surface area (Å²) in [6.07, 6.45) is 9.08. The molecule has 2 unspecified atom stereocenters. The fraction of sp³-hybridized carbons (Fsp3) is 0.643. The zero-order valence-corrected chi connectivity index (χ0v) is 11.2. The van der Waals surface area contributed by atoms with Gasteiger partial charge in [-0.1, -0.05) is 17.3 Å². The maximum Gasteiger partial charge on any atom is 0.226 e. The van der Waals surface area contributed by atoms with Crippen molar-refractivity contribution < 1.29 is 9.32 Å². The lowest BCUT2D eigenvalue weighted by Gasteiger charge is -2.27. The van der Waals surface area contributed by atoms with E-state index in [2.05, 4.69) is 22.3 Å². The summed E-state index contributed by atoms with van der Waals surface area (Å²) in [6, 6.07) is 0.0101. The highest BCUT2D eigenvalue weighted by atomic mass is 16.5. The molecule has 5 nitrogen and oxygen atoms in total. The first-order valence-electron chi connectivity index (χ1n) is 7.01. The number of nitrogens with zero attached hydrogens (tertiary/aromatic N) is 3. The van der Waals surface area contributed by atoms with E-state index in [4.69, 9.17) is 4.52 Å². The van der Waals surface area contributed by atoms with Gasteiger partial charge in [0.2, 0.25) is 11.8 Å². The van der Waals surface area contributed by atoms with Gasteiger partial charge in [0.05, 0.1) is 6.04 Å². The minimum Gasteiger partial charge on any atom is -0.340 e. The van der Waals surface area contributed by atoms with Gasteiger partial charge in [0.15, 0.2) is 5.82 Å². The van der Waals surface area contributed by atoms with Crippen LogP contribution in [-0.4, -0.2) is 27.5 Å². The predicted octanol–water partition coefficient (Wildman–Crippen LogP) is 2.40. The lowest BCUT2D eigenvalue weighted by Crippen LogP contribution is -2.36. The van der Waals surface area contributed by atoms with E-state index in [9.17, 15) is 4.79 Å². The van der Waals surface area contributed by atoms with Crippen LogP contribution in [0.4, 0.5) is 0 Å². The third-order valence-corrected chi connectivity index (χ3v) is 4.00. The molecule has 19 heavy (non-hydrogen) atoms. The first-order chi connectivity index (χ1) is 9.25. The maximum absolute atomic E-state index is 12.6. The molecule has 1 aliphatic heterocycles. The van der Waals surface area contributed by atoms with Crippen molar-refractivity contribution in [2.45, 2.75) is 45.1 Å². The molecule has 1 aliphatic carbocycles. The average Bonchev–Trinajstić information content (AvgIpc) is 3.07. The molecule has 0 spiro atoms. The largest absolute Gasteiger partial charge is 0.340 e. The van der Waals surface area contributed by atoms with Crippen molar-refractivity contribution in [1.82, 2.24) is 15.0 Å². The first kappa shape index (κ1) is 12.4. The van der Waals surface area contributed by atoms with Gasteiger partial charge in [-0.15, -0.1) is 0 Å². The Labute approximate surface area is 112 Å². The van der Waals surface area contributed by atoms with Crippen LogP contribution >= 0.6 is 0 Å². The van der Waals surface area contributed by atoms with Gasteiger partial charge in [-0.05, 0) is 32.1 Å². The smallest absolute Gasteiger partial charge is 0.226 e. The SMILES string of the molecule is Cc1nc(C2CCCN2C(=O)C2CC=CCC2)no1. The number of aryl methyl sites for hydroxylation is 1. The van der Waals surface area contributed by atoms with Gasteiger partial charge in [0.1, 0.15) is 0 Å². The molecule has 0 saturated carbocycles. The van der Waals surface area contributed by atoms with E-state index < -0.39 is 0 Å². The number of hydrogen-bond acceptors (Lipinski definition) is 4. The molecule has 2 heterocycles. The maximum atomic E-state index is 12.6. The lowest BCUT2D eigenvalue weighted by molar-refractivity contribution is -0.136. The predicted molar refractivity (Wildman–Crippen MR) is 69.2 cm³/mol. The normalized spacial score (nSPS) is 26.9. The van der Waals surface area contributed by atoms with Gasteiger partial charge in [-0.25, -0.2) is 0 Å². The molecule has 5 heteroatoms. The Kier molecular flexibility index (Phi) is 3.36. The summed E-state index contributed by atoms with van der Waals surface area (Å²) < 4.78 is 5.04. The number of aromatic nitrogens is 2. The highest BCUT2D eigenvalue weighted by molar-refractivity contribution is 5.79. The average molecular weight is 261 g/mol. The van der Waals surface area contributed by atoms with E-state index in [0.717, 1.165) is 38.6 Å². The van der Waals surface area contributed by atoms with Crippen LogP contribution in [0.15, 0.2) is 16.7 Å². The summed E-state index contributed by atoms with van der Waals surface area (Å²) in [7, 11) is 0. The molecule has 3 rings (SSSR count). The van der Waals surface area contributed by atoms with Crippen LogP contribution in [0.5, 0.6) is 0 Å². The fourth-order valence-corrected chi connectivity index (χ4v) is 3.00. The molecule has 0 bridgehead atoms. The Hall–Kier alpha value is -1.65. The second-order valence-corrected chi connectivity index (χ2v) is 5.34. The molecule has 1 saturated heterocycles. The quantitative estimate of drug-likeness (QED) is 0.767. The Balaban J connectivity index is 1.75. The molecule has 2 aliphatic rings. The molecule has 1 aromatic heterocycles. The van der Waals surface area contributed by atoms with E-state index in [-0.39, 0.29) is 17.9 Å². The van der Waals surface area contributed by atoms with Crippen molar-refractivity contribution in [2.24, 2.45) is 5.92 Å². The molecule has 0 radical (unpaired) electrons. The third kappa shape index (κ3) is 2.41. The molecule has 102 valence electrons. The van der Waals surface area contributed by atoms with Crippen molar-refractivity contribution in [3.8, 4) is 0 Å². The van der Waals surface area contributed by atoms with Crippen LogP contribution in [0.3, 0.4) is 0 Å². The monoisotopic (exact) mass is 261 g/mol. The van der Waals surface area contributed by atoms with E-state index in [1.807, 2.05) is 4.90 Å². The molecule has 2 atom stereocenters. The number of amides is 1. The van der Waals surface area contributed by atoms with Gasteiger partial charge >= 0.3 is 0 Å². The van der Waals surface area contributed by atoms with Crippen molar-refractivity contribution in [2.75, 3.05) is 6.54 Å². The molecule has 1 aromatic rings. The number of likely N-dealkylation sites (tertiary alicyclic amines) is 1. The number of allylic oxidation sites excluding steroid dienone is 2. The van der Waals surface area contributed by atoms with Gasteiger partial charge in [0, 0.05) is 19.4 Å². The van der Waals surface area contributed by atoms with Crippen LogP contribution in [0.25, 0.3) is 0 Å². The number of carbonyl (C=O) groups excluding carboxylic acids is 1. The summed E-state index contributed by atoms with van der Waals surface area (Å²) in [4.78, 5) is 18.8. The Morgan fingerprint density at radius 3 is 3.00 bits per heavy atom. The Morgan fingerprint density at radius 2 is 2.32 bits per heavy atom. The molecule has 0 aromatic carbocycles. The summed E-state index contributed by atoms with van der Waals surface area (Å²) in [5.74, 6) is 1.62. The lowest BCUT2D eigenvalue weighted by atomic mass is 9.93. The molecular weight excluding hydrogens is 242 g/mol. The van der Waals surface area contributed by atoms with Crippen LogP contribution in [-0.2, 0) is 4.79 Å². The van der Waals surface area contributed by atoms with Gasteiger partial charge in [-0.3, -0.25) is 4.79 Å². The molecular formula is C14H19N3O2. The number of carbonyl (C=O) groups is 1. The van der Waals surface area contributed by atoms with Crippen molar-refractivity contribution in [1.29, 1.82) is 0 Å². The van der Waals surface area contributed by atoms with Crippen molar-refractivity contribution in [3.63, 3.8) is 0 Å². The second-order valence-electron chi connectivity index (χ2n) is 5.34. The second kappa shape index (κ2) is 5.15. The summed E-state index contributed by atoms with van der Waals surface area (Å²) in [6.45, 7) is 2.60. The Morgan fingerprint density at radius 1 is 1.42 bits per heavy atom. The van der Waals surface area contributed by atoms with Crippen LogP contribution in [0.1, 0.15) is 49.9 Å². The highest BCUT2D eigenvalue weighted by Gasteiger charge is 2.36. The summed E-state index contributed by atoms with van der Waals surface area (Å²) >= 11 is 0. The summed E-state index contributed by atoms with van der Waals surface area (Å²) in [5.41, 5.74) is 0. The number of rotatable bonds is 2. The van der Waals surface area contributed by atoms with E-state index in [1.165, 1.54) is 0 Å². The highest BCUT2D eigenvalue weighted by Crippen LogP contribution is 2.33. The standard InChI is InChI=1S/C14H19N3O2/c1-10-15-13(16-19-10)12-8-5-9-17(12)14(18)11-6-3-2-4-7-11/h2-3,11-12H,4-9H2,1H3. The third-order valence-electron chi connectivity index (χ3n) is 4.00. The fourth-order valence-electron chi connectivity index (χ4n) is 3.00. The van der Waals surface area contributed by atoms with Gasteiger partial charge < -0.3 is 9.42 Å². The molecule has 1 fully saturated rings. The van der Waals surface area contributed by atoms with Crippen LogP contribution in [0.2, 0.25) is 0 Å². The summed E-state index contributed by atoms with van der Waals surface area (Å²) in [5, 5.41) is 3.98. The minimum atomic E-state index is 0.0101. The minimum absolute atomic E-state index is 0.0101. The first-order valence-corrected chi connectivity index (χ1v) is 7.01. The van der Waals surface area contributed by atoms with Crippen LogP contribution in [0, 0.1) is 12.8 Å². The van der Waals surface area contributed by atoms with Crippen molar-refractivity contribution in [3.05, 3.63) is 23.9 Å². The van der Waals surface area contributed by atoms with Gasteiger partial charge in [-0.2, -0.15) is 4.98 Å². The van der Waals surface area contributed by atoms with E-state index >= 15 is 0 Å². The number of hydrogen-bond donors (Lipinski definition) is 0. The van der Waals surface area contributed by atoms with E-state index in [0.29, 0.717) is 11.7 Å². The van der Waals surface area contributed by atoms with E-state index in [1.54, 1.807) is 6.92 Å². The molecule has 1 amide bonds. The van der Waals surface area contributed by atoms with Crippen LogP contribution < -0.4 is 0 Å². The van der Waals surface area contributed by atoms with Crippen molar-refractivity contribution >= 4 is 5.91 Å². The molecule has 0 N–H and O–H groups in total. The topological polar surface area (TPSA) is 59.2 Å².